The van der Waals surface area contributed by atoms with Crippen LogP contribution in [-0.4, -0.2) is 35.3 Å². The average molecular weight is 537 g/mol. The topological polar surface area (TPSA) is 76.5 Å². The van der Waals surface area contributed by atoms with E-state index in [0.29, 0.717) is 22.0 Å². The van der Waals surface area contributed by atoms with Crippen molar-refractivity contribution in [2.24, 2.45) is 5.10 Å². The summed E-state index contributed by atoms with van der Waals surface area (Å²) in [5.74, 6) is -0.504. The zero-order valence-electron chi connectivity index (χ0n) is 20.0. The van der Waals surface area contributed by atoms with Crippen molar-refractivity contribution in [3.05, 3.63) is 118 Å². The van der Waals surface area contributed by atoms with E-state index >= 15 is 0 Å². The summed E-state index contributed by atoms with van der Waals surface area (Å²) in [6.45, 7) is 0.252. The van der Waals surface area contributed by atoms with Gasteiger partial charge in [0, 0.05) is 16.8 Å². The minimum Gasteiger partial charge on any atom is -0.465 e. The van der Waals surface area contributed by atoms with E-state index in [-0.39, 0.29) is 17.9 Å². The second kappa shape index (κ2) is 9.90. The molecule has 3 aromatic carbocycles. The Bertz CT molecular complexity index is 1510. The first-order chi connectivity index (χ1) is 18.2. The van der Waals surface area contributed by atoms with Crippen molar-refractivity contribution in [2.75, 3.05) is 13.7 Å². The third-order valence-corrected chi connectivity index (χ3v) is 6.64. The number of alkyl halides is 3. The molecule has 6 nitrogen and oxygen atoms in total. The molecule has 5 rings (SSSR count). The predicted octanol–water partition coefficient (Wildman–Crippen LogP) is 5.90. The Labute approximate surface area is 221 Å². The summed E-state index contributed by atoms with van der Waals surface area (Å²) >= 11 is 6.13. The fourth-order valence-corrected chi connectivity index (χ4v) is 4.67. The Morgan fingerprint density at radius 3 is 2.26 bits per heavy atom. The number of benzene rings is 3. The Kier molecular flexibility index (Phi) is 6.62. The summed E-state index contributed by atoms with van der Waals surface area (Å²) in [5, 5.41) is 5.14. The highest BCUT2D eigenvalue weighted by molar-refractivity contribution is 6.30. The van der Waals surface area contributed by atoms with Crippen LogP contribution < -0.4 is 5.43 Å². The fourth-order valence-electron chi connectivity index (χ4n) is 4.54. The number of ether oxygens (including phenoxy) is 1. The first-order valence-electron chi connectivity index (χ1n) is 11.5. The zero-order valence-corrected chi connectivity index (χ0v) is 20.7. The normalized spacial score (nSPS) is 17.0. The maximum Gasteiger partial charge on any atom is 0.416 e. The highest BCUT2D eigenvalue weighted by Gasteiger charge is 2.47. The van der Waals surface area contributed by atoms with Crippen LogP contribution in [0.1, 0.15) is 32.7 Å². The molecule has 1 aliphatic heterocycles. The predicted molar refractivity (Wildman–Crippen MR) is 137 cm³/mol. The highest BCUT2D eigenvalue weighted by Crippen LogP contribution is 2.40. The van der Waals surface area contributed by atoms with E-state index in [0.717, 1.165) is 23.3 Å². The van der Waals surface area contributed by atoms with Crippen LogP contribution in [0.4, 0.5) is 13.2 Å². The smallest absolute Gasteiger partial charge is 0.416 e. The van der Waals surface area contributed by atoms with E-state index in [2.05, 4.69) is 15.5 Å². The van der Waals surface area contributed by atoms with Gasteiger partial charge in [-0.1, -0.05) is 66.2 Å². The number of hydrogen-bond donors (Lipinski definition) is 1. The molecule has 0 radical (unpaired) electrons. The molecule has 0 fully saturated rings. The van der Waals surface area contributed by atoms with Gasteiger partial charge >= 0.3 is 12.1 Å². The highest BCUT2D eigenvalue weighted by atomic mass is 35.5. The number of carbonyl (C=O) groups excluding carboxylic acids is 1. The summed E-state index contributed by atoms with van der Waals surface area (Å²) in [6.07, 6.45) is -3.14. The van der Waals surface area contributed by atoms with Crippen molar-refractivity contribution in [1.29, 1.82) is 0 Å². The van der Waals surface area contributed by atoms with Crippen LogP contribution in [-0.2, 0) is 16.3 Å². The Morgan fingerprint density at radius 1 is 0.974 bits per heavy atom. The number of aromatic nitrogens is 2. The molecule has 0 spiro atoms. The molecule has 2 heterocycles. The summed E-state index contributed by atoms with van der Waals surface area (Å²) in [4.78, 5) is 22.0. The Balaban J connectivity index is 1.76. The molecule has 0 aliphatic carbocycles. The lowest BCUT2D eigenvalue weighted by atomic mass is 9.70. The van der Waals surface area contributed by atoms with Crippen molar-refractivity contribution < 1.29 is 22.7 Å². The molecule has 38 heavy (non-hydrogen) atoms. The first-order valence-corrected chi connectivity index (χ1v) is 11.9. The van der Waals surface area contributed by atoms with Gasteiger partial charge in [0.15, 0.2) is 5.82 Å². The lowest BCUT2D eigenvalue weighted by Crippen LogP contribution is -2.42. The molecule has 0 saturated carbocycles. The third kappa shape index (κ3) is 4.50. The molecule has 0 amide bonds. The summed E-state index contributed by atoms with van der Waals surface area (Å²) in [7, 11) is 1.26. The van der Waals surface area contributed by atoms with Crippen LogP contribution in [0.15, 0.2) is 90.2 Å². The van der Waals surface area contributed by atoms with Crippen LogP contribution in [0.25, 0.3) is 11.4 Å². The van der Waals surface area contributed by atoms with Crippen molar-refractivity contribution in [1.82, 2.24) is 15.4 Å². The molecular formula is C28H20ClF3N4O2. The number of hydrogen-bond acceptors (Lipinski definition) is 6. The fraction of sp³-hybridized carbons (Fsp3) is 0.143. The second-order valence-electron chi connectivity index (χ2n) is 8.60. The number of rotatable bonds is 5. The van der Waals surface area contributed by atoms with Crippen LogP contribution in [0.5, 0.6) is 0 Å². The minimum atomic E-state index is -4.48. The number of nitrogens with one attached hydrogen (secondary N) is 1. The summed E-state index contributed by atoms with van der Waals surface area (Å²) in [5.41, 5.74) is 4.10. The number of hydrazone groups is 1. The third-order valence-electron chi connectivity index (χ3n) is 6.39. The summed E-state index contributed by atoms with van der Waals surface area (Å²) < 4.78 is 44.4. The van der Waals surface area contributed by atoms with E-state index in [9.17, 15) is 18.0 Å². The quantitative estimate of drug-likeness (QED) is 0.322. The first kappa shape index (κ1) is 25.4. The van der Waals surface area contributed by atoms with Crippen LogP contribution in [0.3, 0.4) is 0 Å². The zero-order chi connectivity index (χ0) is 26.9. The molecule has 1 N–H and O–H groups in total. The molecule has 0 saturated heterocycles. The monoisotopic (exact) mass is 536 g/mol. The van der Waals surface area contributed by atoms with Gasteiger partial charge in [0.25, 0.3) is 0 Å². The lowest BCUT2D eigenvalue weighted by Gasteiger charge is -2.31. The van der Waals surface area contributed by atoms with Gasteiger partial charge in [-0.2, -0.15) is 18.3 Å². The largest absolute Gasteiger partial charge is 0.465 e. The maximum absolute atomic E-state index is 13.1. The number of methoxy groups -OCH3 is 1. The number of carbonyl (C=O) groups is 1. The number of nitrogens with zero attached hydrogens (tertiary/aromatic N) is 3. The lowest BCUT2D eigenvalue weighted by molar-refractivity contribution is -0.137. The van der Waals surface area contributed by atoms with E-state index < -0.39 is 23.1 Å². The van der Waals surface area contributed by atoms with Gasteiger partial charge in [0.1, 0.15) is 11.0 Å². The van der Waals surface area contributed by atoms with Gasteiger partial charge in [-0.3, -0.25) is 0 Å². The average Bonchev–Trinajstić information content (AvgIpc) is 3.39. The molecule has 0 bridgehead atoms. The molecule has 1 unspecified atom stereocenters. The Morgan fingerprint density at radius 2 is 1.63 bits per heavy atom. The van der Waals surface area contributed by atoms with Crippen LogP contribution in [0, 0.1) is 0 Å². The van der Waals surface area contributed by atoms with E-state index in [4.69, 9.17) is 21.3 Å². The van der Waals surface area contributed by atoms with Gasteiger partial charge in [0.2, 0.25) is 0 Å². The molecule has 1 aliphatic rings. The molecule has 1 atom stereocenters. The van der Waals surface area contributed by atoms with Crippen molar-refractivity contribution in [3.63, 3.8) is 0 Å². The maximum atomic E-state index is 13.1. The van der Waals surface area contributed by atoms with Crippen LogP contribution in [0.2, 0.25) is 5.02 Å². The van der Waals surface area contributed by atoms with Gasteiger partial charge in [-0.05, 0) is 35.4 Å². The van der Waals surface area contributed by atoms with E-state index in [1.54, 1.807) is 12.1 Å². The van der Waals surface area contributed by atoms with Crippen molar-refractivity contribution >= 4 is 23.3 Å². The van der Waals surface area contributed by atoms with E-state index in [1.807, 2.05) is 42.5 Å². The van der Waals surface area contributed by atoms with Gasteiger partial charge in [0.05, 0.1) is 30.6 Å². The standard InChI is InChI=1S/C28H20ClF3N4O2/c1-38-26(37)22-15-33-25(18-7-11-20(12-8-18)28(30,31)32)35-24(22)27(19-5-3-2-4-6-19)16-34-36-23(27)17-9-13-21(29)14-10-17/h2-15,34H,16H2,1H3. The SMILES string of the molecule is COC(=O)c1cnc(-c2ccc(C(F)(F)F)cc2)nc1C1(c2ccccc2)CNN=C1c1ccc(Cl)cc1. The van der Waals surface area contributed by atoms with Gasteiger partial charge < -0.3 is 10.2 Å². The number of halogens is 4. The molecule has 10 heteroatoms. The molecular weight excluding hydrogens is 517 g/mol. The summed E-state index contributed by atoms with van der Waals surface area (Å²) in [6, 6.07) is 21.1. The van der Waals surface area contributed by atoms with Crippen molar-refractivity contribution in [2.45, 2.75) is 11.6 Å². The van der Waals surface area contributed by atoms with Crippen molar-refractivity contribution in [3.8, 4) is 11.4 Å². The minimum absolute atomic E-state index is 0.109. The Hall–Kier alpha value is -4.24. The van der Waals surface area contributed by atoms with Crippen LogP contribution >= 0.6 is 11.6 Å². The molecule has 1 aromatic heterocycles. The molecule has 192 valence electrons. The van der Waals surface area contributed by atoms with E-state index in [1.165, 1.54) is 25.4 Å². The second-order valence-corrected chi connectivity index (χ2v) is 9.03. The molecule has 4 aromatic rings. The van der Waals surface area contributed by atoms with Gasteiger partial charge in [-0.25, -0.2) is 14.8 Å². The number of esters is 1. The van der Waals surface area contributed by atoms with Gasteiger partial charge in [-0.15, -0.1) is 0 Å².